The van der Waals surface area contributed by atoms with Crippen LogP contribution < -0.4 is 15.4 Å². The van der Waals surface area contributed by atoms with Crippen LogP contribution in [0.1, 0.15) is 11.1 Å². The summed E-state index contributed by atoms with van der Waals surface area (Å²) < 4.78 is 5.07. The van der Waals surface area contributed by atoms with Gasteiger partial charge in [-0.2, -0.15) is 0 Å². The first-order chi connectivity index (χ1) is 12.3. The second-order valence-corrected chi connectivity index (χ2v) is 6.35. The molecule has 0 saturated carbocycles. The number of hydrogen-bond donors (Lipinski definition) is 2. The average molecular weight is 376 g/mol. The Labute approximate surface area is 158 Å². The third kappa shape index (κ3) is 4.89. The summed E-state index contributed by atoms with van der Waals surface area (Å²) >= 11 is 6.11. The summed E-state index contributed by atoms with van der Waals surface area (Å²) in [7, 11) is 3.07. The van der Waals surface area contributed by atoms with E-state index >= 15 is 0 Å². The number of urea groups is 1. The number of ether oxygens (including phenoxy) is 1. The summed E-state index contributed by atoms with van der Waals surface area (Å²) in [6, 6.07) is 10.3. The Balaban J connectivity index is 1.97. The van der Waals surface area contributed by atoms with Crippen LogP contribution in [0.15, 0.2) is 36.4 Å². The Kier molecular flexibility index (Phi) is 6.46. The Bertz CT molecular complexity index is 803. The molecule has 0 heterocycles. The van der Waals surface area contributed by atoms with Gasteiger partial charge in [0.05, 0.1) is 17.8 Å². The number of benzene rings is 2. The van der Waals surface area contributed by atoms with E-state index in [1.165, 1.54) is 19.1 Å². The molecule has 6 nitrogen and oxygen atoms in total. The molecule has 0 aliphatic rings. The smallest absolute Gasteiger partial charge is 0.322 e. The Morgan fingerprint density at radius 1 is 1.12 bits per heavy atom. The Morgan fingerprint density at radius 3 is 2.35 bits per heavy atom. The Morgan fingerprint density at radius 2 is 1.77 bits per heavy atom. The number of anilines is 2. The molecule has 26 heavy (non-hydrogen) atoms. The lowest BCUT2D eigenvalue weighted by molar-refractivity contribution is -0.116. The van der Waals surface area contributed by atoms with Crippen LogP contribution >= 0.6 is 11.6 Å². The van der Waals surface area contributed by atoms with Crippen LogP contribution in [0.5, 0.6) is 5.75 Å². The maximum Gasteiger partial charge on any atom is 0.322 e. The van der Waals surface area contributed by atoms with E-state index < -0.39 is 6.03 Å². The zero-order chi connectivity index (χ0) is 19.3. The molecule has 0 fully saturated rings. The number of rotatable bonds is 5. The first-order valence-corrected chi connectivity index (χ1v) is 8.41. The highest BCUT2D eigenvalue weighted by Crippen LogP contribution is 2.26. The molecule has 0 aliphatic carbocycles. The van der Waals surface area contributed by atoms with Crippen LogP contribution in [0.25, 0.3) is 0 Å². The van der Waals surface area contributed by atoms with Crippen LogP contribution in [0.4, 0.5) is 16.2 Å². The molecule has 0 atom stereocenters. The molecule has 138 valence electrons. The van der Waals surface area contributed by atoms with E-state index in [2.05, 4.69) is 10.6 Å². The molecule has 0 spiro atoms. The van der Waals surface area contributed by atoms with Crippen LogP contribution in [-0.4, -0.2) is 37.5 Å². The maximum absolute atomic E-state index is 12.3. The van der Waals surface area contributed by atoms with Crippen molar-refractivity contribution in [1.82, 2.24) is 4.90 Å². The largest absolute Gasteiger partial charge is 0.497 e. The highest BCUT2D eigenvalue weighted by molar-refractivity contribution is 6.33. The van der Waals surface area contributed by atoms with Gasteiger partial charge in [0, 0.05) is 18.8 Å². The average Bonchev–Trinajstić information content (AvgIpc) is 2.59. The molecular formula is C19H22ClN3O3. The molecule has 2 aromatic carbocycles. The van der Waals surface area contributed by atoms with E-state index in [-0.39, 0.29) is 12.5 Å². The highest BCUT2D eigenvalue weighted by Gasteiger charge is 2.15. The van der Waals surface area contributed by atoms with E-state index in [4.69, 9.17) is 16.3 Å². The number of hydrogen-bond acceptors (Lipinski definition) is 3. The number of likely N-dealkylation sites (N-methyl/N-ethyl adjacent to an activating group) is 1. The number of halogens is 1. The predicted octanol–water partition coefficient (Wildman–Crippen LogP) is 4.07. The van der Waals surface area contributed by atoms with E-state index in [9.17, 15) is 9.59 Å². The molecule has 7 heteroatoms. The standard InChI is InChI=1S/C19H22ClN3O3/c1-12-6-5-7-13(2)18(12)22-17(24)11-23(3)19(25)21-16-9-8-14(26-4)10-15(16)20/h5-10H,11H2,1-4H3,(H,21,25)(H,22,24). The number of carbonyl (C=O) groups excluding carboxylic acids is 2. The van der Waals surface area contributed by atoms with Gasteiger partial charge in [-0.3, -0.25) is 4.79 Å². The van der Waals surface area contributed by atoms with Crippen molar-refractivity contribution in [3.05, 3.63) is 52.5 Å². The summed E-state index contributed by atoms with van der Waals surface area (Å²) in [5.74, 6) is 0.315. The van der Waals surface area contributed by atoms with Gasteiger partial charge in [-0.05, 0) is 37.1 Å². The van der Waals surface area contributed by atoms with Gasteiger partial charge in [-0.25, -0.2) is 4.79 Å². The van der Waals surface area contributed by atoms with Crippen molar-refractivity contribution in [2.45, 2.75) is 13.8 Å². The van der Waals surface area contributed by atoms with Crippen molar-refractivity contribution in [2.75, 3.05) is 31.3 Å². The van der Waals surface area contributed by atoms with Crippen LogP contribution in [0.2, 0.25) is 5.02 Å². The summed E-state index contributed by atoms with van der Waals surface area (Å²) in [5.41, 5.74) is 3.15. The molecule has 2 aromatic rings. The lowest BCUT2D eigenvalue weighted by Crippen LogP contribution is -2.37. The lowest BCUT2D eigenvalue weighted by Gasteiger charge is -2.19. The third-order valence-electron chi connectivity index (χ3n) is 3.89. The van der Waals surface area contributed by atoms with E-state index in [0.717, 1.165) is 16.8 Å². The molecule has 0 radical (unpaired) electrons. The van der Waals surface area contributed by atoms with Crippen LogP contribution in [-0.2, 0) is 4.79 Å². The van der Waals surface area contributed by atoms with Crippen molar-refractivity contribution < 1.29 is 14.3 Å². The highest BCUT2D eigenvalue weighted by atomic mass is 35.5. The normalized spacial score (nSPS) is 10.2. The fraction of sp³-hybridized carbons (Fsp3) is 0.263. The molecular weight excluding hydrogens is 354 g/mol. The molecule has 0 aromatic heterocycles. The van der Waals surface area contributed by atoms with Gasteiger partial charge >= 0.3 is 6.03 Å². The maximum atomic E-state index is 12.3. The quantitative estimate of drug-likeness (QED) is 0.827. The first-order valence-electron chi connectivity index (χ1n) is 8.03. The summed E-state index contributed by atoms with van der Waals surface area (Å²) in [6.07, 6.45) is 0. The van der Waals surface area contributed by atoms with Crippen molar-refractivity contribution in [1.29, 1.82) is 0 Å². The molecule has 2 N–H and O–H groups in total. The topological polar surface area (TPSA) is 70.7 Å². The molecule has 2 rings (SSSR count). The fourth-order valence-electron chi connectivity index (χ4n) is 2.41. The number of nitrogens with one attached hydrogen (secondary N) is 2. The summed E-state index contributed by atoms with van der Waals surface area (Å²) in [6.45, 7) is 3.75. The first kappa shape index (κ1) is 19.6. The number of aryl methyl sites for hydroxylation is 2. The summed E-state index contributed by atoms with van der Waals surface area (Å²) in [5, 5.41) is 5.88. The number of methoxy groups -OCH3 is 1. The van der Waals surface area contributed by atoms with Gasteiger partial charge in [-0.15, -0.1) is 0 Å². The van der Waals surface area contributed by atoms with E-state index in [1.54, 1.807) is 18.2 Å². The van der Waals surface area contributed by atoms with Crippen molar-refractivity contribution in [2.24, 2.45) is 0 Å². The van der Waals surface area contributed by atoms with E-state index in [0.29, 0.717) is 16.5 Å². The second-order valence-electron chi connectivity index (χ2n) is 5.95. The summed E-state index contributed by atoms with van der Waals surface area (Å²) in [4.78, 5) is 25.8. The van der Waals surface area contributed by atoms with Gasteiger partial charge in [0.1, 0.15) is 12.3 Å². The van der Waals surface area contributed by atoms with E-state index in [1.807, 2.05) is 32.0 Å². The van der Waals surface area contributed by atoms with Crippen molar-refractivity contribution in [3.8, 4) is 5.75 Å². The SMILES string of the molecule is COc1ccc(NC(=O)N(C)CC(=O)Nc2c(C)cccc2C)c(Cl)c1. The van der Waals surface area contributed by atoms with Gasteiger partial charge in [0.25, 0.3) is 0 Å². The molecule has 0 saturated heterocycles. The fourth-order valence-corrected chi connectivity index (χ4v) is 2.63. The van der Waals surface area contributed by atoms with Gasteiger partial charge in [0.15, 0.2) is 0 Å². The van der Waals surface area contributed by atoms with Crippen molar-refractivity contribution in [3.63, 3.8) is 0 Å². The minimum atomic E-state index is -0.436. The van der Waals surface area contributed by atoms with Gasteiger partial charge in [0.2, 0.25) is 5.91 Å². The lowest BCUT2D eigenvalue weighted by atomic mass is 10.1. The van der Waals surface area contributed by atoms with Gasteiger partial charge < -0.3 is 20.3 Å². The number of carbonyl (C=O) groups is 2. The third-order valence-corrected chi connectivity index (χ3v) is 4.20. The number of para-hydroxylation sites is 1. The van der Waals surface area contributed by atoms with Gasteiger partial charge in [-0.1, -0.05) is 29.8 Å². The minimum Gasteiger partial charge on any atom is -0.497 e. The molecule has 0 bridgehead atoms. The molecule has 0 unspecified atom stereocenters. The molecule has 3 amide bonds. The number of nitrogens with zero attached hydrogens (tertiary/aromatic N) is 1. The zero-order valence-electron chi connectivity index (χ0n) is 15.2. The predicted molar refractivity (Wildman–Crippen MR) is 104 cm³/mol. The molecule has 0 aliphatic heterocycles. The number of amides is 3. The minimum absolute atomic E-state index is 0.0899. The monoisotopic (exact) mass is 375 g/mol. The Hall–Kier alpha value is -2.73. The zero-order valence-corrected chi connectivity index (χ0v) is 16.0. The van der Waals surface area contributed by atoms with Crippen LogP contribution in [0.3, 0.4) is 0 Å². The van der Waals surface area contributed by atoms with Crippen LogP contribution in [0, 0.1) is 13.8 Å². The second kappa shape index (κ2) is 8.58. The van der Waals surface area contributed by atoms with Crippen molar-refractivity contribution >= 4 is 34.9 Å².